The number of rotatable bonds is 6. The molecule has 0 aromatic heterocycles. The summed E-state index contributed by atoms with van der Waals surface area (Å²) in [7, 11) is 0. The number of benzene rings is 1. The predicted octanol–water partition coefficient (Wildman–Crippen LogP) is 2.41. The third kappa shape index (κ3) is 5.01. The Labute approximate surface area is 119 Å². The van der Waals surface area contributed by atoms with Gasteiger partial charge in [-0.05, 0) is 38.0 Å². The first-order valence-corrected chi connectivity index (χ1v) is 6.89. The van der Waals surface area contributed by atoms with Crippen molar-refractivity contribution in [1.29, 1.82) is 0 Å². The third-order valence-corrected chi connectivity index (χ3v) is 2.87. The first-order valence-electron chi connectivity index (χ1n) is 6.89. The van der Waals surface area contributed by atoms with Crippen LogP contribution in [-0.2, 0) is 9.59 Å². The number of nitrogens with one attached hydrogen (secondary N) is 2. The van der Waals surface area contributed by atoms with E-state index in [0.717, 1.165) is 17.7 Å². The number of amides is 2. The van der Waals surface area contributed by atoms with E-state index in [9.17, 15) is 9.59 Å². The molecule has 0 aliphatic heterocycles. The molecule has 1 unspecified atom stereocenters. The minimum Gasteiger partial charge on any atom is -0.327 e. The SMILES string of the molecule is CCCC(=O)Nc1cccc(NC(=O)CC(C)N)c1C. The van der Waals surface area contributed by atoms with Gasteiger partial charge in [0.15, 0.2) is 0 Å². The molecule has 5 nitrogen and oxygen atoms in total. The number of anilines is 2. The molecule has 0 aliphatic carbocycles. The van der Waals surface area contributed by atoms with Crippen molar-refractivity contribution in [1.82, 2.24) is 0 Å². The molecule has 0 aliphatic rings. The Morgan fingerprint density at radius 1 is 1.20 bits per heavy atom. The van der Waals surface area contributed by atoms with Crippen LogP contribution in [0.1, 0.15) is 38.7 Å². The van der Waals surface area contributed by atoms with Crippen LogP contribution in [0.15, 0.2) is 18.2 Å². The lowest BCUT2D eigenvalue weighted by molar-refractivity contribution is -0.117. The Morgan fingerprint density at radius 2 is 1.75 bits per heavy atom. The van der Waals surface area contributed by atoms with E-state index in [1.807, 2.05) is 26.0 Å². The second kappa shape index (κ2) is 7.65. The van der Waals surface area contributed by atoms with Gasteiger partial charge >= 0.3 is 0 Å². The maximum atomic E-state index is 11.7. The van der Waals surface area contributed by atoms with Crippen molar-refractivity contribution >= 4 is 23.2 Å². The van der Waals surface area contributed by atoms with E-state index in [2.05, 4.69) is 10.6 Å². The summed E-state index contributed by atoms with van der Waals surface area (Å²) in [5, 5.41) is 5.67. The molecule has 110 valence electrons. The van der Waals surface area contributed by atoms with Gasteiger partial charge in [-0.2, -0.15) is 0 Å². The Hall–Kier alpha value is -1.88. The van der Waals surface area contributed by atoms with Crippen LogP contribution in [0.3, 0.4) is 0 Å². The zero-order chi connectivity index (χ0) is 15.1. The lowest BCUT2D eigenvalue weighted by Crippen LogP contribution is -2.24. The predicted molar refractivity (Wildman–Crippen MR) is 81.6 cm³/mol. The number of hydrogen-bond acceptors (Lipinski definition) is 3. The second-order valence-corrected chi connectivity index (χ2v) is 5.01. The minimum absolute atomic E-state index is 0.0188. The van der Waals surface area contributed by atoms with Gasteiger partial charge in [-0.25, -0.2) is 0 Å². The molecule has 0 bridgehead atoms. The van der Waals surface area contributed by atoms with E-state index < -0.39 is 0 Å². The smallest absolute Gasteiger partial charge is 0.225 e. The first kappa shape index (κ1) is 16.2. The molecule has 0 saturated carbocycles. The fourth-order valence-corrected chi connectivity index (χ4v) is 1.84. The highest BCUT2D eigenvalue weighted by molar-refractivity contribution is 5.95. The molecule has 1 rings (SSSR count). The Kier molecular flexibility index (Phi) is 6.18. The average molecular weight is 277 g/mol. The lowest BCUT2D eigenvalue weighted by atomic mass is 10.1. The molecule has 0 radical (unpaired) electrons. The van der Waals surface area contributed by atoms with Crippen molar-refractivity contribution in [2.75, 3.05) is 10.6 Å². The van der Waals surface area contributed by atoms with Gasteiger partial charge in [0.05, 0.1) is 0 Å². The molecule has 2 amide bonds. The zero-order valence-electron chi connectivity index (χ0n) is 12.3. The van der Waals surface area contributed by atoms with Gasteiger partial charge in [-0.1, -0.05) is 13.0 Å². The largest absolute Gasteiger partial charge is 0.327 e. The maximum absolute atomic E-state index is 11.7. The standard InChI is InChI=1S/C15H23N3O2/c1-4-6-14(19)17-12-7-5-8-13(11(12)3)18-15(20)9-10(2)16/h5,7-8,10H,4,6,9,16H2,1-3H3,(H,17,19)(H,18,20). The van der Waals surface area contributed by atoms with Crippen LogP contribution in [0, 0.1) is 6.92 Å². The summed E-state index contributed by atoms with van der Waals surface area (Å²) in [6, 6.07) is 5.26. The topological polar surface area (TPSA) is 84.2 Å². The molecule has 0 fully saturated rings. The van der Waals surface area contributed by atoms with Crippen LogP contribution in [0.25, 0.3) is 0 Å². The van der Waals surface area contributed by atoms with Crippen LogP contribution in [-0.4, -0.2) is 17.9 Å². The summed E-state index contributed by atoms with van der Waals surface area (Å²) in [6.07, 6.45) is 1.56. The zero-order valence-corrected chi connectivity index (χ0v) is 12.3. The van der Waals surface area contributed by atoms with Crippen LogP contribution in [0.4, 0.5) is 11.4 Å². The first-order chi connectivity index (χ1) is 9.43. The van der Waals surface area contributed by atoms with Crippen molar-refractivity contribution in [2.45, 2.75) is 46.1 Å². The van der Waals surface area contributed by atoms with Crippen molar-refractivity contribution in [2.24, 2.45) is 5.73 Å². The Balaban J connectivity index is 2.79. The van der Waals surface area contributed by atoms with Gasteiger partial charge in [0, 0.05) is 30.3 Å². The molecule has 1 aromatic rings. The minimum atomic E-state index is -0.178. The summed E-state index contributed by atoms with van der Waals surface area (Å²) in [5.41, 5.74) is 7.86. The number of carbonyl (C=O) groups excluding carboxylic acids is 2. The summed E-state index contributed by atoms with van der Waals surface area (Å²) in [5.74, 6) is -0.144. The van der Waals surface area contributed by atoms with E-state index in [1.165, 1.54) is 0 Å². The van der Waals surface area contributed by atoms with E-state index in [1.54, 1.807) is 13.0 Å². The molecule has 1 atom stereocenters. The van der Waals surface area contributed by atoms with E-state index in [0.29, 0.717) is 12.1 Å². The van der Waals surface area contributed by atoms with E-state index in [-0.39, 0.29) is 24.3 Å². The fraction of sp³-hybridized carbons (Fsp3) is 0.467. The second-order valence-electron chi connectivity index (χ2n) is 5.01. The molecular weight excluding hydrogens is 254 g/mol. The van der Waals surface area contributed by atoms with Crippen LogP contribution in [0.2, 0.25) is 0 Å². The molecule has 4 N–H and O–H groups in total. The monoisotopic (exact) mass is 277 g/mol. The van der Waals surface area contributed by atoms with Gasteiger partial charge in [0.2, 0.25) is 11.8 Å². The van der Waals surface area contributed by atoms with Crippen LogP contribution in [0.5, 0.6) is 0 Å². The third-order valence-electron chi connectivity index (χ3n) is 2.87. The summed E-state index contributed by atoms with van der Waals surface area (Å²) in [6.45, 7) is 5.61. The number of nitrogens with two attached hydrogens (primary N) is 1. The van der Waals surface area contributed by atoms with Crippen LogP contribution < -0.4 is 16.4 Å². The normalized spacial score (nSPS) is 11.8. The van der Waals surface area contributed by atoms with Gasteiger partial charge < -0.3 is 16.4 Å². The van der Waals surface area contributed by atoms with Crippen LogP contribution >= 0.6 is 0 Å². The van der Waals surface area contributed by atoms with Crippen molar-refractivity contribution < 1.29 is 9.59 Å². The molecular formula is C15H23N3O2. The number of carbonyl (C=O) groups is 2. The lowest BCUT2D eigenvalue weighted by Gasteiger charge is -2.14. The molecule has 20 heavy (non-hydrogen) atoms. The van der Waals surface area contributed by atoms with Crippen molar-refractivity contribution in [3.8, 4) is 0 Å². The summed E-state index contributed by atoms with van der Waals surface area (Å²) in [4.78, 5) is 23.4. The quantitative estimate of drug-likeness (QED) is 0.746. The van der Waals surface area contributed by atoms with E-state index in [4.69, 9.17) is 5.73 Å². The van der Waals surface area contributed by atoms with E-state index >= 15 is 0 Å². The molecule has 5 heteroatoms. The Bertz CT molecular complexity index is 484. The van der Waals surface area contributed by atoms with Gasteiger partial charge in [0.1, 0.15) is 0 Å². The Morgan fingerprint density at radius 3 is 2.25 bits per heavy atom. The highest BCUT2D eigenvalue weighted by atomic mass is 16.2. The average Bonchev–Trinajstić information content (AvgIpc) is 2.33. The molecule has 0 saturated heterocycles. The molecule has 0 spiro atoms. The van der Waals surface area contributed by atoms with Gasteiger partial charge in [0.25, 0.3) is 0 Å². The van der Waals surface area contributed by atoms with Gasteiger partial charge in [-0.15, -0.1) is 0 Å². The van der Waals surface area contributed by atoms with Gasteiger partial charge in [-0.3, -0.25) is 9.59 Å². The summed E-state index contributed by atoms with van der Waals surface area (Å²) >= 11 is 0. The maximum Gasteiger partial charge on any atom is 0.225 e. The highest BCUT2D eigenvalue weighted by Crippen LogP contribution is 2.23. The van der Waals surface area contributed by atoms with Crippen molar-refractivity contribution in [3.05, 3.63) is 23.8 Å². The molecule has 1 aromatic carbocycles. The molecule has 0 heterocycles. The summed E-state index contributed by atoms with van der Waals surface area (Å²) < 4.78 is 0. The highest BCUT2D eigenvalue weighted by Gasteiger charge is 2.10. The van der Waals surface area contributed by atoms with Crippen molar-refractivity contribution in [3.63, 3.8) is 0 Å². The fourth-order valence-electron chi connectivity index (χ4n) is 1.84. The number of hydrogen-bond donors (Lipinski definition) is 3.